The van der Waals surface area contributed by atoms with Crippen molar-refractivity contribution in [1.29, 1.82) is 0 Å². The van der Waals surface area contributed by atoms with Crippen LogP contribution < -0.4 is 5.32 Å². The van der Waals surface area contributed by atoms with Crippen molar-refractivity contribution in [3.63, 3.8) is 0 Å². The standard InChI is InChI=1S/C20H30N4OS/c1-15(2)14-24-18(22-23-20(24)26-4)9-6-12-21-19(25)11-10-17-8-5-7-16(3)13-17/h5,7-8,13,15H,6,9-12,14H2,1-4H3,(H,21,25). The molecule has 1 amide bonds. The summed E-state index contributed by atoms with van der Waals surface area (Å²) in [5, 5.41) is 12.6. The molecule has 0 spiro atoms. The van der Waals surface area contributed by atoms with Crippen molar-refractivity contribution in [3.8, 4) is 0 Å². The molecule has 1 N–H and O–H groups in total. The van der Waals surface area contributed by atoms with E-state index in [9.17, 15) is 4.79 Å². The molecule has 0 aliphatic rings. The highest BCUT2D eigenvalue weighted by Crippen LogP contribution is 2.16. The second kappa shape index (κ2) is 10.4. The number of nitrogens with one attached hydrogen (secondary N) is 1. The third kappa shape index (κ3) is 6.48. The van der Waals surface area contributed by atoms with Gasteiger partial charge in [-0.15, -0.1) is 10.2 Å². The van der Waals surface area contributed by atoms with Gasteiger partial charge in [-0.05, 0) is 37.5 Å². The molecule has 0 saturated heterocycles. The van der Waals surface area contributed by atoms with E-state index in [0.29, 0.717) is 18.9 Å². The first kappa shape index (κ1) is 20.5. The van der Waals surface area contributed by atoms with E-state index in [1.54, 1.807) is 11.8 Å². The number of carbonyl (C=O) groups excluding carboxylic acids is 1. The number of carbonyl (C=O) groups is 1. The van der Waals surface area contributed by atoms with Crippen molar-refractivity contribution in [1.82, 2.24) is 20.1 Å². The summed E-state index contributed by atoms with van der Waals surface area (Å²) in [4.78, 5) is 12.0. The zero-order valence-electron chi connectivity index (χ0n) is 16.3. The third-order valence-electron chi connectivity index (χ3n) is 4.15. The molecule has 26 heavy (non-hydrogen) atoms. The lowest BCUT2D eigenvalue weighted by Gasteiger charge is -2.11. The fraction of sp³-hybridized carbons (Fsp3) is 0.550. The molecule has 0 aliphatic heterocycles. The maximum absolute atomic E-state index is 12.0. The first-order valence-electron chi connectivity index (χ1n) is 9.28. The van der Waals surface area contributed by atoms with Crippen LogP contribution in [0.25, 0.3) is 0 Å². The van der Waals surface area contributed by atoms with Gasteiger partial charge in [0.2, 0.25) is 5.91 Å². The topological polar surface area (TPSA) is 59.8 Å². The maximum Gasteiger partial charge on any atom is 0.220 e. The van der Waals surface area contributed by atoms with Crippen LogP contribution in [0.1, 0.15) is 43.6 Å². The molecule has 0 atom stereocenters. The normalized spacial score (nSPS) is 11.1. The molecule has 0 unspecified atom stereocenters. The van der Waals surface area contributed by atoms with Crippen LogP contribution in [0.4, 0.5) is 0 Å². The Labute approximate surface area is 161 Å². The van der Waals surface area contributed by atoms with E-state index in [4.69, 9.17) is 0 Å². The largest absolute Gasteiger partial charge is 0.356 e. The van der Waals surface area contributed by atoms with Gasteiger partial charge in [0.25, 0.3) is 0 Å². The molecule has 2 rings (SSSR count). The summed E-state index contributed by atoms with van der Waals surface area (Å²) in [7, 11) is 0. The Balaban J connectivity index is 1.73. The summed E-state index contributed by atoms with van der Waals surface area (Å²) < 4.78 is 2.20. The second-order valence-electron chi connectivity index (χ2n) is 7.05. The number of aromatic nitrogens is 3. The molecule has 0 radical (unpaired) electrons. The van der Waals surface area contributed by atoms with E-state index >= 15 is 0 Å². The minimum Gasteiger partial charge on any atom is -0.356 e. The molecule has 0 saturated carbocycles. The van der Waals surface area contributed by atoms with E-state index in [1.807, 2.05) is 12.3 Å². The number of thioether (sulfide) groups is 1. The summed E-state index contributed by atoms with van der Waals surface area (Å²) in [5.41, 5.74) is 2.45. The SMILES string of the molecule is CSc1nnc(CCCNC(=O)CCc2cccc(C)c2)n1CC(C)C. The highest BCUT2D eigenvalue weighted by molar-refractivity contribution is 7.98. The molecule has 1 aromatic heterocycles. The van der Waals surface area contributed by atoms with Crippen LogP contribution in [0.5, 0.6) is 0 Å². The van der Waals surface area contributed by atoms with Gasteiger partial charge in [0, 0.05) is 25.9 Å². The van der Waals surface area contributed by atoms with Crippen LogP contribution in [-0.2, 0) is 24.2 Å². The Bertz CT molecular complexity index is 712. The van der Waals surface area contributed by atoms with E-state index in [1.165, 1.54) is 11.1 Å². The lowest BCUT2D eigenvalue weighted by atomic mass is 10.1. The van der Waals surface area contributed by atoms with Crippen molar-refractivity contribution in [3.05, 3.63) is 41.2 Å². The maximum atomic E-state index is 12.0. The van der Waals surface area contributed by atoms with Gasteiger partial charge < -0.3 is 9.88 Å². The zero-order valence-corrected chi connectivity index (χ0v) is 17.1. The molecule has 0 bridgehead atoms. The molecular weight excluding hydrogens is 344 g/mol. The Kier molecular flexibility index (Phi) is 8.16. The fourth-order valence-corrected chi connectivity index (χ4v) is 3.41. The Morgan fingerprint density at radius 1 is 1.27 bits per heavy atom. The monoisotopic (exact) mass is 374 g/mol. The number of hydrogen-bond acceptors (Lipinski definition) is 4. The van der Waals surface area contributed by atoms with Crippen molar-refractivity contribution < 1.29 is 4.79 Å². The van der Waals surface area contributed by atoms with Crippen molar-refractivity contribution in [2.24, 2.45) is 5.92 Å². The molecule has 1 heterocycles. The number of hydrogen-bond donors (Lipinski definition) is 1. The first-order chi connectivity index (χ1) is 12.5. The Morgan fingerprint density at radius 2 is 2.08 bits per heavy atom. The number of amides is 1. The van der Waals surface area contributed by atoms with Crippen LogP contribution in [-0.4, -0.2) is 33.5 Å². The summed E-state index contributed by atoms with van der Waals surface area (Å²) >= 11 is 1.63. The Morgan fingerprint density at radius 3 is 2.77 bits per heavy atom. The highest BCUT2D eigenvalue weighted by Gasteiger charge is 2.12. The lowest BCUT2D eigenvalue weighted by Crippen LogP contribution is -2.25. The van der Waals surface area contributed by atoms with Gasteiger partial charge >= 0.3 is 0 Å². The van der Waals surface area contributed by atoms with Gasteiger partial charge in [0.15, 0.2) is 5.16 Å². The average Bonchev–Trinajstić information content (AvgIpc) is 2.98. The van der Waals surface area contributed by atoms with Gasteiger partial charge in [-0.2, -0.15) is 0 Å². The van der Waals surface area contributed by atoms with Crippen molar-refractivity contribution >= 4 is 17.7 Å². The van der Waals surface area contributed by atoms with Crippen LogP contribution in [0.3, 0.4) is 0 Å². The van der Waals surface area contributed by atoms with Crippen LogP contribution >= 0.6 is 11.8 Å². The van der Waals surface area contributed by atoms with E-state index < -0.39 is 0 Å². The van der Waals surface area contributed by atoms with Gasteiger partial charge in [-0.3, -0.25) is 4.79 Å². The lowest BCUT2D eigenvalue weighted by molar-refractivity contribution is -0.121. The van der Waals surface area contributed by atoms with E-state index in [2.05, 4.69) is 59.1 Å². The van der Waals surface area contributed by atoms with Crippen molar-refractivity contribution in [2.75, 3.05) is 12.8 Å². The smallest absolute Gasteiger partial charge is 0.220 e. The van der Waals surface area contributed by atoms with Gasteiger partial charge in [0.1, 0.15) is 5.82 Å². The summed E-state index contributed by atoms with van der Waals surface area (Å²) in [6.07, 6.45) is 5.05. The molecule has 2 aromatic rings. The van der Waals surface area contributed by atoms with Crippen LogP contribution in [0.2, 0.25) is 0 Å². The Hall–Kier alpha value is -1.82. The molecular formula is C20H30N4OS. The third-order valence-corrected chi connectivity index (χ3v) is 4.81. The number of aryl methyl sites for hydroxylation is 3. The molecule has 142 valence electrons. The number of nitrogens with zero attached hydrogens (tertiary/aromatic N) is 3. The molecule has 0 aliphatic carbocycles. The highest BCUT2D eigenvalue weighted by atomic mass is 32.2. The average molecular weight is 375 g/mol. The van der Waals surface area contributed by atoms with Gasteiger partial charge in [-0.1, -0.05) is 55.4 Å². The predicted octanol–water partition coefficient (Wildman–Crippen LogP) is 3.65. The number of benzene rings is 1. The summed E-state index contributed by atoms with van der Waals surface area (Å²) in [6, 6.07) is 8.33. The van der Waals surface area contributed by atoms with Crippen LogP contribution in [0.15, 0.2) is 29.4 Å². The van der Waals surface area contributed by atoms with Crippen molar-refractivity contribution in [2.45, 2.75) is 58.2 Å². The second-order valence-corrected chi connectivity index (χ2v) is 7.82. The minimum absolute atomic E-state index is 0.111. The molecule has 0 fully saturated rings. The molecule has 6 heteroatoms. The van der Waals surface area contributed by atoms with Gasteiger partial charge in [-0.25, -0.2) is 0 Å². The summed E-state index contributed by atoms with van der Waals surface area (Å²) in [6.45, 7) is 8.08. The minimum atomic E-state index is 0.111. The first-order valence-corrected chi connectivity index (χ1v) is 10.5. The zero-order chi connectivity index (χ0) is 18.9. The predicted molar refractivity (Wildman–Crippen MR) is 107 cm³/mol. The summed E-state index contributed by atoms with van der Waals surface area (Å²) in [5.74, 6) is 1.67. The van der Waals surface area contributed by atoms with Crippen LogP contribution in [0, 0.1) is 12.8 Å². The molecule has 5 nitrogen and oxygen atoms in total. The number of rotatable bonds is 10. The van der Waals surface area contributed by atoms with Gasteiger partial charge in [0.05, 0.1) is 0 Å². The molecule has 1 aromatic carbocycles. The van der Waals surface area contributed by atoms with E-state index in [0.717, 1.165) is 36.8 Å². The van der Waals surface area contributed by atoms with E-state index in [-0.39, 0.29) is 5.91 Å². The fourth-order valence-electron chi connectivity index (χ4n) is 2.89. The quantitative estimate of drug-likeness (QED) is 0.509.